The van der Waals surface area contributed by atoms with Crippen molar-refractivity contribution in [3.8, 4) is 17.5 Å². The van der Waals surface area contributed by atoms with Crippen LogP contribution in [0.25, 0.3) is 28.1 Å². The first-order valence-electron chi connectivity index (χ1n) is 9.56. The lowest BCUT2D eigenvalue weighted by Gasteiger charge is -2.35. The maximum Gasteiger partial charge on any atom is 0.255 e. The number of pyridine rings is 1. The summed E-state index contributed by atoms with van der Waals surface area (Å²) in [5.41, 5.74) is 1.04. The number of carbonyl (C=O) groups excluding carboxylic acids is 2. The molecule has 0 radical (unpaired) electrons. The number of nitrogens with zero attached hydrogens (tertiary/aromatic N) is 6. The molecule has 1 aliphatic heterocycles. The highest BCUT2D eigenvalue weighted by Crippen LogP contribution is 2.26. The van der Waals surface area contributed by atoms with Crippen molar-refractivity contribution in [3.05, 3.63) is 48.2 Å². The van der Waals surface area contributed by atoms with E-state index in [1.165, 1.54) is 28.0 Å². The minimum Gasteiger partial charge on any atom is -0.344 e. The molecular formula is C20H14F2N8O2. The third kappa shape index (κ3) is 3.20. The Kier molecular flexibility index (Phi) is 4.51. The van der Waals surface area contributed by atoms with Crippen LogP contribution in [-0.2, 0) is 4.79 Å². The van der Waals surface area contributed by atoms with E-state index >= 15 is 0 Å². The maximum atomic E-state index is 14.3. The first kappa shape index (κ1) is 19.6. The Labute approximate surface area is 178 Å². The number of likely N-dealkylation sites (tertiary alicyclic amines) is 1. The van der Waals surface area contributed by atoms with Crippen LogP contribution in [-0.4, -0.2) is 60.7 Å². The fourth-order valence-electron chi connectivity index (χ4n) is 3.55. The molecule has 2 amide bonds. The zero-order valence-electron chi connectivity index (χ0n) is 16.3. The molecule has 2 N–H and O–H groups in total. The zero-order valence-corrected chi connectivity index (χ0v) is 16.3. The number of hydrogen-bond acceptors (Lipinski definition) is 6. The summed E-state index contributed by atoms with van der Waals surface area (Å²) in [4.78, 5) is 41.8. The Morgan fingerprint density at radius 1 is 1.31 bits per heavy atom. The molecule has 0 aliphatic carbocycles. The molecule has 160 valence electrons. The van der Waals surface area contributed by atoms with Crippen LogP contribution in [0.3, 0.4) is 0 Å². The van der Waals surface area contributed by atoms with Crippen molar-refractivity contribution in [1.29, 1.82) is 5.26 Å². The first-order chi connectivity index (χ1) is 15.4. The van der Waals surface area contributed by atoms with Gasteiger partial charge in [-0.05, 0) is 0 Å². The number of nitrogens with one attached hydrogen (secondary N) is 2. The van der Waals surface area contributed by atoms with E-state index in [-0.39, 0.29) is 46.4 Å². The molecule has 10 nitrogen and oxygen atoms in total. The van der Waals surface area contributed by atoms with Crippen LogP contribution in [0.1, 0.15) is 10.4 Å². The highest BCUT2D eigenvalue weighted by atomic mass is 19.1. The van der Waals surface area contributed by atoms with Gasteiger partial charge in [0.1, 0.15) is 34.6 Å². The second-order valence-corrected chi connectivity index (χ2v) is 7.32. The minimum absolute atomic E-state index is 0.0254. The Hall–Kier alpha value is -4.40. The molecule has 4 aromatic rings. The van der Waals surface area contributed by atoms with Crippen molar-refractivity contribution in [1.82, 2.24) is 34.6 Å². The Morgan fingerprint density at radius 3 is 2.91 bits per heavy atom. The predicted molar refractivity (Wildman–Crippen MR) is 106 cm³/mol. The summed E-state index contributed by atoms with van der Waals surface area (Å²) in [6, 6.07) is 2.82. The maximum absolute atomic E-state index is 14.3. The van der Waals surface area contributed by atoms with Gasteiger partial charge in [-0.3, -0.25) is 9.59 Å². The monoisotopic (exact) mass is 436 g/mol. The number of nitriles is 1. The molecule has 5 rings (SSSR count). The number of rotatable bonds is 4. The van der Waals surface area contributed by atoms with E-state index < -0.39 is 17.5 Å². The molecule has 1 saturated heterocycles. The van der Waals surface area contributed by atoms with E-state index in [1.54, 1.807) is 0 Å². The van der Waals surface area contributed by atoms with E-state index in [2.05, 4.69) is 31.3 Å². The van der Waals surface area contributed by atoms with E-state index in [0.29, 0.717) is 18.7 Å². The van der Waals surface area contributed by atoms with Crippen LogP contribution < -0.4 is 5.32 Å². The van der Waals surface area contributed by atoms with Crippen molar-refractivity contribution < 1.29 is 18.4 Å². The van der Waals surface area contributed by atoms with Gasteiger partial charge < -0.3 is 19.6 Å². The van der Waals surface area contributed by atoms with Gasteiger partial charge in [0.15, 0.2) is 11.5 Å². The predicted octanol–water partition coefficient (Wildman–Crippen LogP) is 1.26. The molecule has 0 bridgehead atoms. The summed E-state index contributed by atoms with van der Waals surface area (Å²) in [6.45, 7) is 0.484. The summed E-state index contributed by atoms with van der Waals surface area (Å²) in [6.07, 6.45) is 5.12. The van der Waals surface area contributed by atoms with Crippen LogP contribution in [0.2, 0.25) is 0 Å². The number of carbonyl (C=O) groups is 2. The number of hydrogen-bond donors (Lipinski definition) is 2. The zero-order chi connectivity index (χ0) is 22.4. The molecule has 32 heavy (non-hydrogen) atoms. The van der Waals surface area contributed by atoms with Crippen LogP contribution in [0.5, 0.6) is 0 Å². The molecule has 0 saturated carbocycles. The highest BCUT2D eigenvalue weighted by Gasteiger charge is 2.30. The Bertz CT molecular complexity index is 1430. The lowest BCUT2D eigenvalue weighted by molar-refractivity contribution is -0.135. The largest absolute Gasteiger partial charge is 0.344 e. The van der Waals surface area contributed by atoms with Crippen molar-refractivity contribution >= 4 is 28.5 Å². The number of H-pyrrole nitrogens is 1. The van der Waals surface area contributed by atoms with E-state index in [1.807, 2.05) is 0 Å². The molecule has 0 aromatic carbocycles. The molecule has 0 unspecified atom stereocenters. The van der Waals surface area contributed by atoms with Crippen LogP contribution >= 0.6 is 0 Å². The molecule has 12 heteroatoms. The van der Waals surface area contributed by atoms with Gasteiger partial charge in [0, 0.05) is 31.5 Å². The number of amides is 2. The summed E-state index contributed by atoms with van der Waals surface area (Å²) in [7, 11) is 0. The van der Waals surface area contributed by atoms with Crippen molar-refractivity contribution in [2.45, 2.75) is 0 Å². The van der Waals surface area contributed by atoms with Crippen molar-refractivity contribution in [2.24, 2.45) is 5.92 Å². The number of fused-ring (bicyclic) bond motifs is 2. The smallest absolute Gasteiger partial charge is 0.255 e. The van der Waals surface area contributed by atoms with E-state index in [0.717, 1.165) is 12.3 Å². The SMILES string of the molecule is N#CC1CN(C(=O)CNC(=O)c2c[nH]c3ncc(-c4ncn5cc(F)cc(F)c45)nc23)C1. The average Bonchev–Trinajstić information content (AvgIpc) is 3.35. The van der Waals surface area contributed by atoms with Crippen LogP contribution in [0.15, 0.2) is 31.0 Å². The fraction of sp³-hybridized carbons (Fsp3) is 0.200. The van der Waals surface area contributed by atoms with Gasteiger partial charge in [-0.25, -0.2) is 23.7 Å². The molecule has 0 spiro atoms. The molecule has 5 heterocycles. The molecule has 0 atom stereocenters. The van der Waals surface area contributed by atoms with Crippen LogP contribution in [0, 0.1) is 28.9 Å². The third-order valence-electron chi connectivity index (χ3n) is 5.23. The van der Waals surface area contributed by atoms with E-state index in [4.69, 9.17) is 5.26 Å². The normalized spacial score (nSPS) is 13.8. The molecule has 4 aromatic heterocycles. The highest BCUT2D eigenvalue weighted by molar-refractivity contribution is 6.05. The van der Waals surface area contributed by atoms with E-state index in [9.17, 15) is 18.4 Å². The first-order valence-corrected chi connectivity index (χ1v) is 9.56. The number of halogens is 2. The lowest BCUT2D eigenvalue weighted by Crippen LogP contribution is -2.52. The Morgan fingerprint density at radius 2 is 2.12 bits per heavy atom. The molecule has 1 fully saturated rings. The summed E-state index contributed by atoms with van der Waals surface area (Å²) in [5, 5.41) is 11.3. The molecular weight excluding hydrogens is 422 g/mol. The summed E-state index contributed by atoms with van der Waals surface area (Å²) < 4.78 is 29.0. The number of aromatic amines is 1. The second kappa shape index (κ2) is 7.38. The summed E-state index contributed by atoms with van der Waals surface area (Å²) in [5.74, 6) is -2.56. The van der Waals surface area contributed by atoms with Gasteiger partial charge in [-0.15, -0.1) is 0 Å². The van der Waals surface area contributed by atoms with Crippen molar-refractivity contribution in [3.63, 3.8) is 0 Å². The topological polar surface area (TPSA) is 132 Å². The average molecular weight is 436 g/mol. The third-order valence-corrected chi connectivity index (χ3v) is 5.23. The van der Waals surface area contributed by atoms with Gasteiger partial charge in [0.05, 0.1) is 30.3 Å². The summed E-state index contributed by atoms with van der Waals surface area (Å²) >= 11 is 0. The van der Waals surface area contributed by atoms with Gasteiger partial charge in [-0.2, -0.15) is 5.26 Å². The standard InChI is InChI=1S/C20H14F2N8O2/c21-11-1-13(22)18-17(27-9-30(18)8-11)14-4-25-19-16(28-14)12(3-24-19)20(32)26-5-15(31)29-6-10(2-23)7-29/h1,3-4,8-10H,5-7H2,(H,24,25)(H,26,32). The number of imidazole rings is 1. The van der Waals surface area contributed by atoms with Crippen LogP contribution in [0.4, 0.5) is 8.78 Å². The fourth-order valence-corrected chi connectivity index (χ4v) is 3.55. The second-order valence-electron chi connectivity index (χ2n) is 7.32. The molecule has 1 aliphatic rings. The quantitative estimate of drug-likeness (QED) is 0.495. The number of aromatic nitrogens is 5. The minimum atomic E-state index is -0.811. The van der Waals surface area contributed by atoms with Gasteiger partial charge in [0.25, 0.3) is 5.91 Å². The van der Waals surface area contributed by atoms with Crippen molar-refractivity contribution in [2.75, 3.05) is 19.6 Å². The van der Waals surface area contributed by atoms with Gasteiger partial charge in [-0.1, -0.05) is 0 Å². The van der Waals surface area contributed by atoms with Gasteiger partial charge in [0.2, 0.25) is 5.91 Å². The Balaban J connectivity index is 1.40. The van der Waals surface area contributed by atoms with Gasteiger partial charge >= 0.3 is 0 Å². The lowest BCUT2D eigenvalue weighted by atomic mass is 10.0.